The van der Waals surface area contributed by atoms with Gasteiger partial charge in [0.05, 0.1) is 12.4 Å². The topological polar surface area (TPSA) is 42.7 Å². The van der Waals surface area contributed by atoms with Crippen LogP contribution in [-0.4, -0.2) is 21.1 Å². The van der Waals surface area contributed by atoms with Crippen LogP contribution in [-0.2, 0) is 0 Å². The Morgan fingerprint density at radius 3 is 2.62 bits per heavy atom. The lowest BCUT2D eigenvalue weighted by atomic mass is 9.96. The Morgan fingerprint density at radius 1 is 1.23 bits per heavy atom. The smallest absolute Gasteiger partial charge is 0.0715 e. The number of rotatable bonds is 2. The van der Waals surface area contributed by atoms with Crippen molar-refractivity contribution in [3.05, 3.63) is 12.4 Å². The molecule has 0 atom stereocenters. The van der Waals surface area contributed by atoms with Gasteiger partial charge >= 0.3 is 0 Å². The van der Waals surface area contributed by atoms with Gasteiger partial charge in [-0.25, -0.2) is 0 Å². The number of hydrogen-bond donors (Lipinski definition) is 1. The monoisotopic (exact) mass is 202 g/mol. The number of nitrogens with one attached hydrogen (secondary N) is 1. The highest BCUT2D eigenvalue weighted by Gasteiger charge is 2.12. The molecule has 1 fully saturated rings. The van der Waals surface area contributed by atoms with E-state index in [0.717, 1.165) is 0 Å². The number of nitrogens with zero attached hydrogens (tertiary/aromatic N) is 3. The lowest BCUT2D eigenvalue weighted by Gasteiger charge is -2.22. The van der Waals surface area contributed by atoms with Gasteiger partial charge < -0.3 is 5.43 Å². The molecular formula is C8H15ClN4. The molecule has 0 spiro atoms. The fraction of sp³-hybridized carbons (Fsp3) is 0.750. The van der Waals surface area contributed by atoms with Crippen molar-refractivity contribution in [1.82, 2.24) is 15.1 Å². The van der Waals surface area contributed by atoms with Crippen molar-refractivity contribution in [2.45, 2.75) is 38.1 Å². The maximum absolute atomic E-state index is 3.87. The van der Waals surface area contributed by atoms with Crippen LogP contribution < -0.4 is 5.43 Å². The summed E-state index contributed by atoms with van der Waals surface area (Å²) in [5, 5.41) is 7.60. The van der Waals surface area contributed by atoms with Gasteiger partial charge in [0.15, 0.2) is 0 Å². The highest BCUT2D eigenvalue weighted by Crippen LogP contribution is 2.17. The van der Waals surface area contributed by atoms with Gasteiger partial charge in [0, 0.05) is 6.04 Å². The van der Waals surface area contributed by atoms with Crippen molar-refractivity contribution in [2.75, 3.05) is 5.43 Å². The van der Waals surface area contributed by atoms with Crippen LogP contribution in [0.5, 0.6) is 0 Å². The molecule has 0 aromatic carbocycles. The van der Waals surface area contributed by atoms with E-state index >= 15 is 0 Å². The molecule has 1 aromatic rings. The molecule has 1 aliphatic carbocycles. The minimum atomic E-state index is 0. The molecule has 1 heterocycles. The summed E-state index contributed by atoms with van der Waals surface area (Å²) >= 11 is 0. The molecule has 0 bridgehead atoms. The van der Waals surface area contributed by atoms with Crippen molar-refractivity contribution in [3.63, 3.8) is 0 Å². The minimum Gasteiger partial charge on any atom is -0.306 e. The van der Waals surface area contributed by atoms with E-state index in [1.165, 1.54) is 32.1 Å². The fourth-order valence-corrected chi connectivity index (χ4v) is 1.70. The number of halogens is 1. The summed E-state index contributed by atoms with van der Waals surface area (Å²) in [4.78, 5) is 1.70. The quantitative estimate of drug-likeness (QED) is 0.792. The Hall–Kier alpha value is -0.770. The van der Waals surface area contributed by atoms with Gasteiger partial charge in [0.2, 0.25) is 0 Å². The van der Waals surface area contributed by atoms with Crippen molar-refractivity contribution in [1.29, 1.82) is 0 Å². The maximum Gasteiger partial charge on any atom is 0.0715 e. The third-order valence-electron chi connectivity index (χ3n) is 2.34. The maximum atomic E-state index is 3.87. The van der Waals surface area contributed by atoms with Gasteiger partial charge in [-0.2, -0.15) is 4.79 Å². The molecule has 1 aromatic heterocycles. The van der Waals surface area contributed by atoms with Gasteiger partial charge in [-0.15, -0.1) is 17.5 Å². The summed E-state index contributed by atoms with van der Waals surface area (Å²) in [6, 6.07) is 0.598. The Labute approximate surface area is 84.1 Å². The molecule has 1 saturated carbocycles. The molecule has 1 aliphatic rings. The largest absolute Gasteiger partial charge is 0.306 e. The van der Waals surface area contributed by atoms with E-state index in [2.05, 4.69) is 15.7 Å². The van der Waals surface area contributed by atoms with Crippen LogP contribution in [0.15, 0.2) is 12.4 Å². The lowest BCUT2D eigenvalue weighted by molar-refractivity contribution is 0.427. The molecule has 5 heteroatoms. The van der Waals surface area contributed by atoms with Crippen LogP contribution in [0.1, 0.15) is 32.1 Å². The predicted octanol–water partition coefficient (Wildman–Crippen LogP) is 1.58. The molecule has 13 heavy (non-hydrogen) atoms. The zero-order chi connectivity index (χ0) is 8.23. The summed E-state index contributed by atoms with van der Waals surface area (Å²) in [7, 11) is 0. The first-order valence-corrected chi connectivity index (χ1v) is 4.58. The van der Waals surface area contributed by atoms with E-state index in [0.29, 0.717) is 6.04 Å². The molecule has 0 aliphatic heterocycles. The first-order chi connectivity index (χ1) is 5.95. The second-order valence-electron chi connectivity index (χ2n) is 3.31. The zero-order valence-electron chi connectivity index (χ0n) is 7.52. The summed E-state index contributed by atoms with van der Waals surface area (Å²) < 4.78 is 0. The van der Waals surface area contributed by atoms with Crippen LogP contribution in [0.3, 0.4) is 0 Å². The van der Waals surface area contributed by atoms with Gasteiger partial charge in [0.1, 0.15) is 0 Å². The fourth-order valence-electron chi connectivity index (χ4n) is 1.70. The molecule has 2 rings (SSSR count). The van der Waals surface area contributed by atoms with E-state index in [-0.39, 0.29) is 12.4 Å². The van der Waals surface area contributed by atoms with Crippen molar-refractivity contribution in [2.24, 2.45) is 0 Å². The van der Waals surface area contributed by atoms with Gasteiger partial charge in [-0.3, -0.25) is 0 Å². The first kappa shape index (κ1) is 10.3. The highest BCUT2D eigenvalue weighted by molar-refractivity contribution is 5.85. The zero-order valence-corrected chi connectivity index (χ0v) is 8.33. The first-order valence-electron chi connectivity index (χ1n) is 4.58. The molecule has 4 nitrogen and oxygen atoms in total. The van der Waals surface area contributed by atoms with E-state index < -0.39 is 0 Å². The summed E-state index contributed by atoms with van der Waals surface area (Å²) in [6.07, 6.45) is 10.1. The lowest BCUT2D eigenvalue weighted by Crippen LogP contribution is -2.30. The van der Waals surface area contributed by atoms with Gasteiger partial charge in [-0.1, -0.05) is 19.3 Å². The second-order valence-corrected chi connectivity index (χ2v) is 3.31. The molecule has 74 valence electrons. The van der Waals surface area contributed by atoms with Crippen LogP contribution in [0.25, 0.3) is 0 Å². The van der Waals surface area contributed by atoms with E-state index in [1.54, 1.807) is 11.0 Å². The average molecular weight is 203 g/mol. The standard InChI is InChI=1S/C8H14N4.ClH/c1-2-4-8(5-3-1)10-12-7-6-9-11-12;/h6-8,10H,1-5H2;1H. The summed E-state index contributed by atoms with van der Waals surface area (Å²) in [5.41, 5.74) is 3.30. The Morgan fingerprint density at radius 2 is 2.00 bits per heavy atom. The third kappa shape index (κ3) is 2.88. The van der Waals surface area contributed by atoms with Crippen LogP contribution in [0.4, 0.5) is 0 Å². The number of hydrogen-bond acceptors (Lipinski definition) is 3. The van der Waals surface area contributed by atoms with E-state index in [9.17, 15) is 0 Å². The van der Waals surface area contributed by atoms with Crippen LogP contribution >= 0.6 is 12.4 Å². The molecule has 0 unspecified atom stereocenters. The molecule has 0 radical (unpaired) electrons. The Kier molecular flexibility index (Phi) is 4.02. The number of aromatic nitrogens is 3. The predicted molar refractivity (Wildman–Crippen MR) is 53.5 cm³/mol. The van der Waals surface area contributed by atoms with Crippen molar-refractivity contribution in [3.8, 4) is 0 Å². The van der Waals surface area contributed by atoms with Crippen LogP contribution in [0.2, 0.25) is 0 Å². The molecule has 0 amide bonds. The minimum absolute atomic E-state index is 0. The Balaban J connectivity index is 0.000000845. The van der Waals surface area contributed by atoms with Gasteiger partial charge in [-0.05, 0) is 18.1 Å². The summed E-state index contributed by atoms with van der Waals surface area (Å²) in [6.45, 7) is 0. The normalized spacial score (nSPS) is 17.8. The SMILES string of the molecule is Cl.c1cn(NC2CCCCC2)nn1. The average Bonchev–Trinajstić information content (AvgIpc) is 2.59. The van der Waals surface area contributed by atoms with Crippen molar-refractivity contribution >= 4 is 12.4 Å². The molecule has 0 saturated heterocycles. The molecular weight excluding hydrogens is 188 g/mol. The Bertz CT molecular complexity index is 218. The van der Waals surface area contributed by atoms with E-state index in [4.69, 9.17) is 0 Å². The van der Waals surface area contributed by atoms with E-state index in [1.807, 2.05) is 6.20 Å². The summed E-state index contributed by atoms with van der Waals surface area (Å²) in [5.74, 6) is 0. The molecule has 1 N–H and O–H groups in total. The third-order valence-corrected chi connectivity index (χ3v) is 2.34. The van der Waals surface area contributed by atoms with Crippen molar-refractivity contribution < 1.29 is 0 Å². The second kappa shape index (κ2) is 5.07. The van der Waals surface area contributed by atoms with Crippen LogP contribution in [0, 0.1) is 0 Å². The van der Waals surface area contributed by atoms with Gasteiger partial charge in [0.25, 0.3) is 0 Å². The highest BCUT2D eigenvalue weighted by atomic mass is 35.5.